The molecule has 37 N–H and O–H groups in total. The minimum Gasteiger partial charge on any atom is -0.480 e. The van der Waals surface area contributed by atoms with Crippen LogP contribution >= 0.6 is 0 Å². The number of hydrogen-bond donors (Lipinski definition) is 23. The fraction of sp³-hybridized carbons (Fsp3) is 0.509. The quantitative estimate of drug-likeness (QED) is 0.00963. The maximum Gasteiger partial charge on any atom is 0.323 e. The first-order valence-electron chi connectivity index (χ1n) is 33.5. The number of nitrogens with two attached hydrogens (primary N) is 14. The molecule has 0 radical (unpaired) electrons. The van der Waals surface area contributed by atoms with Crippen LogP contribution in [0.2, 0.25) is 2.82 Å². The Balaban J connectivity index is -0.000000361. The second kappa shape index (κ2) is 56.0. The summed E-state index contributed by atoms with van der Waals surface area (Å²) in [6, 6.07) is -0.454. The first-order chi connectivity index (χ1) is 47.2. The number of fused-ring (bicyclic) bond motifs is 1. The molecule has 4 aromatic rings. The van der Waals surface area contributed by atoms with E-state index in [1.807, 2.05) is 35.7 Å². The van der Waals surface area contributed by atoms with Gasteiger partial charge in [-0.1, -0.05) is 68.7 Å². The molecular formula is C55H101N19O15. The lowest BCUT2D eigenvalue weighted by atomic mass is 10.1. The Labute approximate surface area is 538 Å². The minimum atomic E-state index is -2.09. The molecule has 0 aliphatic heterocycles. The van der Waals surface area contributed by atoms with Crippen LogP contribution < -0.4 is 80.3 Å². The summed E-state index contributed by atoms with van der Waals surface area (Å²) in [5.41, 5.74) is 67.7. The number of nitrogens with zero attached hydrogens (tertiary/aromatic N) is 3. The number of imidazole rings is 1. The highest BCUT2D eigenvalue weighted by Crippen LogP contribution is 2.18. The number of aliphatic carboxylic acids is 6. The molecule has 0 aliphatic carbocycles. The summed E-state index contributed by atoms with van der Waals surface area (Å²) in [6.45, 7) is -1.67. The van der Waals surface area contributed by atoms with E-state index >= 15 is 0 Å². The van der Waals surface area contributed by atoms with Crippen LogP contribution in [0.1, 0.15) is 113 Å². The van der Waals surface area contributed by atoms with Crippen LogP contribution in [0.5, 0.6) is 0 Å². The van der Waals surface area contributed by atoms with Gasteiger partial charge in [0.2, 0.25) is 0 Å². The van der Waals surface area contributed by atoms with Crippen LogP contribution in [0.25, 0.3) is 10.9 Å². The number of aromatic amines is 2. The molecule has 0 bridgehead atoms. The van der Waals surface area contributed by atoms with Gasteiger partial charge in [0.15, 0.2) is 11.9 Å². The number of carboxylic acid groups (broad SMARTS) is 6. The van der Waals surface area contributed by atoms with Crippen molar-refractivity contribution in [1.29, 1.82) is 0 Å². The first kappa shape index (κ1) is 62.1. The Bertz CT molecular complexity index is 3290. The third kappa shape index (κ3) is 53.4. The lowest BCUT2D eigenvalue weighted by Crippen LogP contribution is -2.39. The standard InChI is InChI=1S/C11H12N2O2.C9H11NO2.C6H14N4O2.C6H14N4O.C6H9N3O2.C6H14N2O2.C6H14N2O.C4H9NO3.CH4/c12-9(11(14)15)5-7-6-13-10-4-2-1-3-8(7)10;10-8(9(11)12)6-7-4-2-1-3-5-7;7-4(5(11)12)2-1-3-10-6(8)9;7-5(4-11)2-1-3-10-6(8)9;7-5(6(10)11)1-4-2-8-3-9-4;7-4-2-1-3-5(8)6(9)10;7-4-2-1-3-6(8)5-9;1-2(6)3(5)4(7)8;/h1-4,6,9,13H,5,12H2,(H,14,15);1-5,8H,6,10H2,(H,11,12);4H,1-3,7H2,(H,11,12)(H4,8,9,10);4-5H,1-3,7H2,(H4,8,9,10);2-3,5H,1,7H2,(H,8,9)(H,10,11);5H,1-4,7-8H2,(H,9,10);5-6H,1-4,7-8H2;2-3,6H,5H2,1H3,(H,7,8);1H4/t9-;8-;4-;3*5-;6-;2?,3-;/m00000000./s1/i6D;2D,3D,4D,5D;3D2;4D;3D;4D2;5D;2D;/hD2. The Morgan fingerprint density at radius 3 is 1.57 bits per heavy atom. The van der Waals surface area contributed by atoms with Gasteiger partial charge in [-0.3, -0.25) is 38.8 Å². The van der Waals surface area contributed by atoms with Crippen molar-refractivity contribution in [2.24, 2.45) is 90.2 Å². The van der Waals surface area contributed by atoms with Crippen LogP contribution in [-0.2, 0) is 57.6 Å². The monoisotopic (exact) mass is 1280 g/mol. The van der Waals surface area contributed by atoms with Gasteiger partial charge in [0.25, 0.3) is 0 Å². The van der Waals surface area contributed by atoms with E-state index in [4.69, 9.17) is 125 Å². The van der Waals surface area contributed by atoms with Gasteiger partial charge in [0, 0.05) is 51.9 Å². The van der Waals surface area contributed by atoms with Crippen LogP contribution in [0.4, 0.5) is 0 Å². The highest BCUT2D eigenvalue weighted by atomic mass is 16.4. The second-order valence-electron chi connectivity index (χ2n) is 17.6. The van der Waals surface area contributed by atoms with Crippen molar-refractivity contribution in [2.75, 3.05) is 26.1 Å². The fourth-order valence-electron chi connectivity index (χ4n) is 5.26. The topological polar surface area (TPSA) is 712 Å². The number of hydrogen-bond acceptors (Lipinski definition) is 22. The summed E-state index contributed by atoms with van der Waals surface area (Å²) in [5, 5.41) is 60.2. The molecule has 0 spiro atoms. The fourth-order valence-corrected chi connectivity index (χ4v) is 5.26. The van der Waals surface area contributed by atoms with Crippen molar-refractivity contribution in [3.8, 4) is 0 Å². The molecule has 506 valence electrons. The van der Waals surface area contributed by atoms with Gasteiger partial charge in [0.05, 0.1) is 41.1 Å². The van der Waals surface area contributed by atoms with Gasteiger partial charge in [-0.15, -0.1) is 0 Å². The van der Waals surface area contributed by atoms with Crippen molar-refractivity contribution >= 4 is 71.2 Å². The molecule has 0 saturated carbocycles. The number of nitrogens with one attached hydrogen (secondary N) is 2. The largest absolute Gasteiger partial charge is 0.480 e. The first-order valence-corrected chi connectivity index (χ1v) is 26.0. The number of para-hydroxylation sites is 1. The van der Waals surface area contributed by atoms with Crippen LogP contribution in [0, 0.1) is 0 Å². The summed E-state index contributed by atoms with van der Waals surface area (Å²) in [6.07, 6.45) is 1.94. The minimum absolute atomic E-state index is 0. The maximum atomic E-state index is 10.7. The Hall–Kier alpha value is -8.55. The van der Waals surface area contributed by atoms with E-state index in [9.17, 15) is 38.4 Å². The number of aromatic nitrogens is 3. The lowest BCUT2D eigenvalue weighted by molar-refractivity contribution is -0.141. The predicted octanol–water partition coefficient (Wildman–Crippen LogP) is -3.27. The number of rotatable bonds is 33. The van der Waals surface area contributed by atoms with Crippen molar-refractivity contribution in [1.82, 2.24) is 15.0 Å². The van der Waals surface area contributed by atoms with Crippen molar-refractivity contribution in [3.63, 3.8) is 0 Å². The third-order valence-electron chi connectivity index (χ3n) is 10.1. The van der Waals surface area contributed by atoms with E-state index in [0.717, 1.165) is 36.7 Å². The Kier molecular flexibility index (Phi) is 39.1. The summed E-state index contributed by atoms with van der Waals surface area (Å²) >= 11 is 0. The molecule has 0 fully saturated rings. The molecule has 34 nitrogen and oxygen atoms in total. The number of H-pyrrole nitrogens is 2. The summed E-state index contributed by atoms with van der Waals surface area (Å²) in [5.74, 6) is -7.34. The van der Waals surface area contributed by atoms with Crippen molar-refractivity contribution in [3.05, 3.63) is 90.0 Å². The van der Waals surface area contributed by atoms with Gasteiger partial charge in [-0.2, -0.15) is 0 Å². The van der Waals surface area contributed by atoms with Gasteiger partial charge >= 0.3 is 35.8 Å². The number of unbranched alkanes of at least 4 members (excludes halogenated alkanes) is 1. The maximum absolute atomic E-state index is 10.7. The zero-order chi connectivity index (χ0) is 81.0. The number of carbonyl (C=O) groups excluding carboxylic acids is 2. The second-order valence-corrected chi connectivity index (χ2v) is 17.6. The van der Waals surface area contributed by atoms with E-state index in [-0.39, 0.29) is 107 Å². The molecule has 4 rings (SSSR count). The SMILES string of the molecule is C.[2H]C(C)(O)[C@H](N)C(=O)O.[2H]C([2H])(CC[C@H](N)C(=O)O)N=C(N)N.[2H]C([2H])(N)CCC[C@H](N)C(=O)O.[2H]N[C@@H](CCCCN)C([2H])=O.[2H]N[C@@H](CCCN=C(N)N)C([2H])=O.[2H]c1[nH]c2ccccc2c1C[C@H](N)C(=O)O.[2H]c1cc([2H])c([2H])c(C[C@H](N)C(=O)O)c1[2H].[2H]c1nc(C[C@H](N)C(=O)O)c[nH]1. The molecule has 1 unspecified atom stereocenters. The molecule has 2 aromatic carbocycles. The van der Waals surface area contributed by atoms with Gasteiger partial charge in [-0.05, 0) is 94.9 Å². The van der Waals surface area contributed by atoms with Crippen molar-refractivity contribution in [2.45, 2.75) is 152 Å². The number of carboxylic acids is 6. The predicted molar refractivity (Wildman–Crippen MR) is 340 cm³/mol. The van der Waals surface area contributed by atoms with Gasteiger partial charge < -0.3 is 136 Å². The van der Waals surface area contributed by atoms with Gasteiger partial charge in [-0.25, -0.2) is 4.98 Å². The zero-order valence-electron chi connectivity index (χ0n) is 63.4. The molecule has 2 heterocycles. The van der Waals surface area contributed by atoms with Crippen LogP contribution in [0.15, 0.2) is 83.2 Å². The molecule has 0 amide bonds. The molecule has 89 heavy (non-hydrogen) atoms. The zero-order valence-corrected chi connectivity index (χ0v) is 48.4. The number of benzene rings is 2. The number of aliphatic hydroxyl groups is 1. The van der Waals surface area contributed by atoms with Crippen LogP contribution in [0.3, 0.4) is 0 Å². The molecular weight excluding hydrogens is 1170 g/mol. The van der Waals surface area contributed by atoms with Crippen molar-refractivity contribution < 1.29 is 94.7 Å². The molecule has 9 atom stereocenters. The van der Waals surface area contributed by atoms with E-state index in [1.54, 1.807) is 0 Å². The van der Waals surface area contributed by atoms with Crippen LogP contribution in [-0.4, -0.2) is 191 Å². The Morgan fingerprint density at radius 2 is 1.15 bits per heavy atom. The van der Waals surface area contributed by atoms with E-state index in [1.165, 1.54) is 6.20 Å². The lowest BCUT2D eigenvalue weighted by Gasteiger charge is -2.06. The van der Waals surface area contributed by atoms with E-state index in [0.29, 0.717) is 50.0 Å². The van der Waals surface area contributed by atoms with Gasteiger partial charge in [0.1, 0.15) is 55.7 Å². The van der Waals surface area contributed by atoms with E-state index in [2.05, 4.69) is 24.9 Å². The average Bonchev–Trinajstić information content (AvgIpc) is 1.66. The molecule has 0 saturated heterocycles. The highest BCUT2D eigenvalue weighted by Gasteiger charge is 2.17. The van der Waals surface area contributed by atoms with E-state index < -0.39 is 116 Å². The molecule has 34 heteroatoms. The smallest absolute Gasteiger partial charge is 0.323 e. The Morgan fingerprint density at radius 1 is 0.663 bits per heavy atom. The number of aldehydes is 2. The highest BCUT2D eigenvalue weighted by molar-refractivity contribution is 5.84. The molecule has 0 aliphatic rings. The molecule has 2 aromatic heterocycles. The number of carbonyl (C=O) groups is 8. The number of aliphatic imine (C=N–C) groups is 2. The summed E-state index contributed by atoms with van der Waals surface area (Å²) < 4.78 is 107. The number of guanidine groups is 2. The average molecular weight is 1280 g/mol. The normalized spacial score (nSPS) is 16.0. The summed E-state index contributed by atoms with van der Waals surface area (Å²) in [4.78, 5) is 99.0. The third-order valence-corrected chi connectivity index (χ3v) is 10.1. The summed E-state index contributed by atoms with van der Waals surface area (Å²) in [7, 11) is 0.